The van der Waals surface area contributed by atoms with Gasteiger partial charge in [0.05, 0.1) is 11.8 Å². The molecule has 0 aliphatic carbocycles. The lowest BCUT2D eigenvalue weighted by atomic mass is 10.2. The Morgan fingerprint density at radius 3 is 2.86 bits per heavy atom. The van der Waals surface area contributed by atoms with Crippen molar-refractivity contribution in [1.82, 2.24) is 14.8 Å². The summed E-state index contributed by atoms with van der Waals surface area (Å²) in [5, 5.41) is 7.01. The Kier molecular flexibility index (Phi) is 4.57. The number of nitrogens with zero attached hydrogens (tertiary/aromatic N) is 3. The van der Waals surface area contributed by atoms with Gasteiger partial charge in [0.1, 0.15) is 5.82 Å². The lowest BCUT2D eigenvalue weighted by molar-refractivity contribution is 0.102. The van der Waals surface area contributed by atoms with E-state index in [2.05, 4.69) is 15.4 Å². The van der Waals surface area contributed by atoms with Crippen LogP contribution < -0.4 is 10.1 Å². The van der Waals surface area contributed by atoms with Crippen molar-refractivity contribution in [2.75, 3.05) is 5.32 Å². The second-order valence-electron chi connectivity index (χ2n) is 4.97. The first-order valence-corrected chi connectivity index (χ1v) is 6.94. The second kappa shape index (κ2) is 6.39. The molecular weight excluding hydrogens is 268 g/mol. The number of pyridine rings is 1. The minimum Gasteiger partial charge on any atom is -0.475 e. The normalized spacial score (nSPS) is 12.0. The van der Waals surface area contributed by atoms with Gasteiger partial charge >= 0.3 is 0 Å². The van der Waals surface area contributed by atoms with Crippen LogP contribution in [0, 0.1) is 6.92 Å². The van der Waals surface area contributed by atoms with Crippen LogP contribution in [0.25, 0.3) is 0 Å². The van der Waals surface area contributed by atoms with Gasteiger partial charge in [-0.25, -0.2) is 4.98 Å². The molecule has 0 bridgehead atoms. The molecule has 2 rings (SSSR count). The van der Waals surface area contributed by atoms with Crippen molar-refractivity contribution in [2.45, 2.75) is 33.3 Å². The Morgan fingerprint density at radius 2 is 2.24 bits per heavy atom. The summed E-state index contributed by atoms with van der Waals surface area (Å²) in [6.07, 6.45) is 2.52. The molecule has 6 nitrogen and oxygen atoms in total. The number of aryl methyl sites for hydroxylation is 2. The van der Waals surface area contributed by atoms with Gasteiger partial charge in [-0.15, -0.1) is 0 Å². The van der Waals surface area contributed by atoms with E-state index in [4.69, 9.17) is 4.74 Å². The molecule has 0 radical (unpaired) electrons. The molecule has 2 aromatic heterocycles. The molecule has 1 atom stereocenters. The number of nitrogens with one attached hydrogen (secondary N) is 1. The van der Waals surface area contributed by atoms with E-state index in [1.54, 1.807) is 30.1 Å². The first-order chi connectivity index (χ1) is 9.99. The number of amides is 1. The fourth-order valence-electron chi connectivity index (χ4n) is 1.82. The molecule has 0 saturated heterocycles. The maximum Gasteiger partial charge on any atom is 0.257 e. The molecule has 1 N–H and O–H groups in total. The van der Waals surface area contributed by atoms with E-state index in [9.17, 15) is 4.79 Å². The molecule has 0 aliphatic rings. The van der Waals surface area contributed by atoms with Crippen LogP contribution in [-0.2, 0) is 7.05 Å². The van der Waals surface area contributed by atoms with Gasteiger partial charge in [-0.2, -0.15) is 5.10 Å². The van der Waals surface area contributed by atoms with Gasteiger partial charge in [0.2, 0.25) is 5.88 Å². The largest absolute Gasteiger partial charge is 0.475 e. The van der Waals surface area contributed by atoms with Crippen LogP contribution in [0.15, 0.2) is 24.4 Å². The highest BCUT2D eigenvalue weighted by Gasteiger charge is 2.11. The molecule has 6 heteroatoms. The maximum absolute atomic E-state index is 12.2. The quantitative estimate of drug-likeness (QED) is 0.918. The fourth-order valence-corrected chi connectivity index (χ4v) is 1.82. The van der Waals surface area contributed by atoms with Gasteiger partial charge < -0.3 is 10.1 Å². The van der Waals surface area contributed by atoms with E-state index in [1.807, 2.05) is 26.8 Å². The van der Waals surface area contributed by atoms with Crippen molar-refractivity contribution in [3.63, 3.8) is 0 Å². The van der Waals surface area contributed by atoms with E-state index in [0.717, 1.165) is 12.1 Å². The zero-order chi connectivity index (χ0) is 15.4. The van der Waals surface area contributed by atoms with E-state index in [1.165, 1.54) is 0 Å². The van der Waals surface area contributed by atoms with Crippen LogP contribution in [0.4, 0.5) is 5.82 Å². The highest BCUT2D eigenvalue weighted by atomic mass is 16.5. The predicted octanol–water partition coefficient (Wildman–Crippen LogP) is 2.55. The zero-order valence-electron chi connectivity index (χ0n) is 12.8. The Bertz CT molecular complexity index is 636. The smallest absolute Gasteiger partial charge is 0.257 e. The molecule has 0 spiro atoms. The van der Waals surface area contributed by atoms with Crippen LogP contribution in [0.5, 0.6) is 5.88 Å². The fraction of sp³-hybridized carbons (Fsp3) is 0.400. The minimum atomic E-state index is -0.214. The molecule has 0 fully saturated rings. The van der Waals surface area contributed by atoms with Crippen LogP contribution in [0.1, 0.15) is 36.3 Å². The monoisotopic (exact) mass is 288 g/mol. The average molecular weight is 288 g/mol. The first kappa shape index (κ1) is 15.0. The summed E-state index contributed by atoms with van der Waals surface area (Å²) in [4.78, 5) is 16.4. The first-order valence-electron chi connectivity index (χ1n) is 6.94. The Morgan fingerprint density at radius 1 is 1.48 bits per heavy atom. The average Bonchev–Trinajstić information content (AvgIpc) is 2.77. The molecule has 21 heavy (non-hydrogen) atoms. The van der Waals surface area contributed by atoms with E-state index in [-0.39, 0.29) is 12.0 Å². The zero-order valence-corrected chi connectivity index (χ0v) is 12.8. The molecule has 1 amide bonds. The van der Waals surface area contributed by atoms with Crippen LogP contribution in [-0.4, -0.2) is 26.8 Å². The molecule has 0 aromatic carbocycles. The highest BCUT2D eigenvalue weighted by molar-refractivity contribution is 6.03. The van der Waals surface area contributed by atoms with Crippen molar-refractivity contribution in [3.8, 4) is 5.88 Å². The summed E-state index contributed by atoms with van der Waals surface area (Å²) >= 11 is 0. The molecule has 0 aliphatic heterocycles. The standard InChI is InChI=1S/C15H20N4O2/c1-5-11(3)21-14-9-12(6-7-16-14)15(20)17-13-8-10(2)18-19(13)4/h6-9,11H,5H2,1-4H3,(H,17,20)/t11-/m0/s1. The number of hydrogen-bond donors (Lipinski definition) is 1. The second-order valence-corrected chi connectivity index (χ2v) is 4.97. The number of aromatic nitrogens is 3. The lowest BCUT2D eigenvalue weighted by Gasteiger charge is -2.12. The Labute approximate surface area is 124 Å². The third kappa shape index (κ3) is 3.81. The third-order valence-electron chi connectivity index (χ3n) is 3.14. The van der Waals surface area contributed by atoms with E-state index >= 15 is 0 Å². The van der Waals surface area contributed by atoms with E-state index < -0.39 is 0 Å². The summed E-state index contributed by atoms with van der Waals surface area (Å²) in [5.74, 6) is 0.895. The number of rotatable bonds is 5. The number of anilines is 1. The van der Waals surface area contributed by atoms with Gasteiger partial charge in [-0.3, -0.25) is 9.48 Å². The summed E-state index contributed by atoms with van der Waals surface area (Å²) < 4.78 is 7.25. The third-order valence-corrected chi connectivity index (χ3v) is 3.14. The van der Waals surface area contributed by atoms with Crippen molar-refractivity contribution in [1.29, 1.82) is 0 Å². The highest BCUT2D eigenvalue weighted by Crippen LogP contribution is 2.15. The van der Waals surface area contributed by atoms with Crippen molar-refractivity contribution < 1.29 is 9.53 Å². The van der Waals surface area contributed by atoms with Gasteiger partial charge in [-0.1, -0.05) is 6.92 Å². The SMILES string of the molecule is CC[C@H](C)Oc1cc(C(=O)Nc2cc(C)nn2C)ccn1. The summed E-state index contributed by atoms with van der Waals surface area (Å²) in [6.45, 7) is 5.87. The Hall–Kier alpha value is -2.37. The number of carbonyl (C=O) groups excluding carboxylic acids is 1. The van der Waals surface area contributed by atoms with Crippen LogP contribution in [0.2, 0.25) is 0 Å². The van der Waals surface area contributed by atoms with Crippen LogP contribution in [0.3, 0.4) is 0 Å². The van der Waals surface area contributed by atoms with Gasteiger partial charge in [0, 0.05) is 30.9 Å². The van der Waals surface area contributed by atoms with Gasteiger partial charge in [0.15, 0.2) is 0 Å². The summed E-state index contributed by atoms with van der Waals surface area (Å²) in [7, 11) is 1.78. The maximum atomic E-state index is 12.2. The topological polar surface area (TPSA) is 69.0 Å². The van der Waals surface area contributed by atoms with Crippen molar-refractivity contribution in [2.24, 2.45) is 7.05 Å². The summed E-state index contributed by atoms with van der Waals surface area (Å²) in [6, 6.07) is 5.11. The van der Waals surface area contributed by atoms with Gasteiger partial charge in [0.25, 0.3) is 5.91 Å². The molecule has 112 valence electrons. The number of hydrogen-bond acceptors (Lipinski definition) is 4. The summed E-state index contributed by atoms with van der Waals surface area (Å²) in [5.41, 5.74) is 1.35. The van der Waals surface area contributed by atoms with Gasteiger partial charge in [-0.05, 0) is 26.3 Å². The molecule has 0 unspecified atom stereocenters. The molecule has 0 saturated carbocycles. The number of carbonyl (C=O) groups is 1. The van der Waals surface area contributed by atoms with Crippen molar-refractivity contribution >= 4 is 11.7 Å². The molecular formula is C15H20N4O2. The Balaban J connectivity index is 2.12. The van der Waals surface area contributed by atoms with E-state index in [0.29, 0.717) is 17.3 Å². The number of ether oxygens (including phenoxy) is 1. The van der Waals surface area contributed by atoms with Crippen LogP contribution >= 0.6 is 0 Å². The van der Waals surface area contributed by atoms with Crippen molar-refractivity contribution in [3.05, 3.63) is 35.7 Å². The lowest BCUT2D eigenvalue weighted by Crippen LogP contribution is -2.16. The molecule has 2 heterocycles. The minimum absolute atomic E-state index is 0.0653. The molecule has 2 aromatic rings. The predicted molar refractivity (Wildman–Crippen MR) is 80.5 cm³/mol.